The molecule has 0 saturated carbocycles. The lowest BCUT2D eigenvalue weighted by atomic mass is 10.1. The van der Waals surface area contributed by atoms with Gasteiger partial charge in [0.05, 0.1) is 13.3 Å². The van der Waals surface area contributed by atoms with Gasteiger partial charge in [-0.1, -0.05) is 6.07 Å². The maximum absolute atomic E-state index is 12.8. The van der Waals surface area contributed by atoms with Crippen LogP contribution < -0.4 is 9.64 Å². The predicted molar refractivity (Wildman–Crippen MR) is 95.8 cm³/mol. The van der Waals surface area contributed by atoms with Gasteiger partial charge in [-0.2, -0.15) is 10.1 Å². The van der Waals surface area contributed by atoms with Crippen LogP contribution in [0.1, 0.15) is 5.56 Å². The highest BCUT2D eigenvalue weighted by atomic mass is 16.5. The van der Waals surface area contributed by atoms with E-state index < -0.39 is 0 Å². The summed E-state index contributed by atoms with van der Waals surface area (Å²) >= 11 is 0. The van der Waals surface area contributed by atoms with Crippen LogP contribution in [0.4, 0.5) is 10.6 Å². The largest absolute Gasteiger partial charge is 0.480 e. The van der Waals surface area contributed by atoms with E-state index in [2.05, 4.69) is 20.2 Å². The molecule has 3 aromatic heterocycles. The van der Waals surface area contributed by atoms with Gasteiger partial charge in [-0.3, -0.25) is 15.0 Å². The maximum atomic E-state index is 12.8. The molecule has 4 heterocycles. The smallest absolute Gasteiger partial charge is 0.326 e. The van der Waals surface area contributed by atoms with Crippen LogP contribution in [0.2, 0.25) is 0 Å². The van der Waals surface area contributed by atoms with Gasteiger partial charge in [-0.05, 0) is 23.8 Å². The number of urea groups is 1. The van der Waals surface area contributed by atoms with Crippen LogP contribution in [0.15, 0.2) is 49.1 Å². The third kappa shape index (κ3) is 2.97. The first kappa shape index (κ1) is 16.1. The fraction of sp³-hybridized carbons (Fsp3) is 0.222. The van der Waals surface area contributed by atoms with E-state index in [4.69, 9.17) is 4.74 Å². The number of carbonyl (C=O) groups is 1. The molecule has 1 aliphatic rings. The molecule has 0 radical (unpaired) electrons. The summed E-state index contributed by atoms with van der Waals surface area (Å²) in [6, 6.07) is 7.48. The quantitative estimate of drug-likeness (QED) is 0.763. The second kappa shape index (κ2) is 6.83. The zero-order valence-electron chi connectivity index (χ0n) is 14.3. The Bertz CT molecular complexity index is 897. The molecule has 26 heavy (non-hydrogen) atoms. The van der Waals surface area contributed by atoms with Crippen molar-refractivity contribution in [3.05, 3.63) is 54.6 Å². The van der Waals surface area contributed by atoms with E-state index in [1.54, 1.807) is 41.7 Å². The molecule has 0 unspecified atom stereocenters. The number of pyridine rings is 2. The number of nitrogens with one attached hydrogen (secondary N) is 1. The molecule has 1 aliphatic heterocycles. The summed E-state index contributed by atoms with van der Waals surface area (Å²) in [4.78, 5) is 24.8. The van der Waals surface area contributed by atoms with Gasteiger partial charge in [-0.15, -0.1) is 0 Å². The Labute approximate surface area is 150 Å². The molecule has 0 aromatic carbocycles. The normalized spacial score (nSPS) is 14.1. The molecule has 3 aromatic rings. The van der Waals surface area contributed by atoms with Gasteiger partial charge in [0.1, 0.15) is 5.82 Å². The van der Waals surface area contributed by atoms with Crippen molar-refractivity contribution in [3.63, 3.8) is 0 Å². The van der Waals surface area contributed by atoms with E-state index in [0.29, 0.717) is 31.3 Å². The Morgan fingerprint density at radius 3 is 2.88 bits per heavy atom. The number of nitrogens with zero attached hydrogens (tertiary/aromatic N) is 5. The zero-order valence-corrected chi connectivity index (χ0v) is 14.3. The number of hydrogen-bond acceptors (Lipinski definition) is 5. The number of aromatic nitrogens is 4. The maximum Gasteiger partial charge on any atom is 0.326 e. The minimum atomic E-state index is -0.0699. The number of rotatable bonds is 5. The number of amides is 2. The fourth-order valence-electron chi connectivity index (χ4n) is 3.01. The van der Waals surface area contributed by atoms with Gasteiger partial charge in [0.2, 0.25) is 5.88 Å². The Hall–Kier alpha value is -3.42. The third-order valence-corrected chi connectivity index (χ3v) is 4.32. The topological polar surface area (TPSA) is 87.2 Å². The first-order valence-corrected chi connectivity index (χ1v) is 8.26. The average Bonchev–Trinajstić information content (AvgIpc) is 3.33. The van der Waals surface area contributed by atoms with Gasteiger partial charge in [0.25, 0.3) is 0 Å². The van der Waals surface area contributed by atoms with Gasteiger partial charge < -0.3 is 9.64 Å². The molecule has 0 aliphatic carbocycles. The van der Waals surface area contributed by atoms with Crippen molar-refractivity contribution >= 4 is 11.8 Å². The summed E-state index contributed by atoms with van der Waals surface area (Å²) in [5, 5.41) is 6.73. The minimum absolute atomic E-state index is 0.0699. The van der Waals surface area contributed by atoms with E-state index in [0.717, 1.165) is 16.7 Å². The van der Waals surface area contributed by atoms with Crippen molar-refractivity contribution in [2.45, 2.75) is 6.54 Å². The molecule has 1 saturated heterocycles. The SMILES string of the molecule is COc1nc(N2CCN(Cc3cccnc3)C2=O)ccc1-c1cn[nH]c1. The van der Waals surface area contributed by atoms with Crippen LogP contribution in [0.25, 0.3) is 11.1 Å². The van der Waals surface area contributed by atoms with Crippen LogP contribution in [0.5, 0.6) is 5.88 Å². The van der Waals surface area contributed by atoms with Crippen molar-refractivity contribution in [1.29, 1.82) is 0 Å². The lowest BCUT2D eigenvalue weighted by molar-refractivity contribution is 0.218. The Morgan fingerprint density at radius 1 is 1.23 bits per heavy atom. The molecule has 8 heteroatoms. The molecular formula is C18H18N6O2. The second-order valence-electron chi connectivity index (χ2n) is 5.93. The molecule has 0 bridgehead atoms. The average molecular weight is 350 g/mol. The number of methoxy groups -OCH3 is 1. The lowest BCUT2D eigenvalue weighted by Crippen LogP contribution is -2.32. The molecule has 4 rings (SSSR count). The molecular weight excluding hydrogens is 332 g/mol. The molecule has 1 fully saturated rings. The molecule has 0 atom stereocenters. The standard InChI is InChI=1S/C18H18N6O2/c1-26-17-15(14-10-20-21-11-14)4-5-16(22-17)24-8-7-23(18(24)25)12-13-3-2-6-19-9-13/h2-6,9-11H,7-8,12H2,1H3,(H,20,21). The second-order valence-corrected chi connectivity index (χ2v) is 5.93. The minimum Gasteiger partial charge on any atom is -0.480 e. The highest BCUT2D eigenvalue weighted by Crippen LogP contribution is 2.31. The summed E-state index contributed by atoms with van der Waals surface area (Å²) in [5.74, 6) is 1.04. The van der Waals surface area contributed by atoms with Crippen molar-refractivity contribution in [2.24, 2.45) is 0 Å². The number of aromatic amines is 1. The summed E-state index contributed by atoms with van der Waals surface area (Å²) in [6.07, 6.45) is 6.97. The fourth-order valence-corrected chi connectivity index (χ4v) is 3.01. The van der Waals surface area contributed by atoms with Crippen molar-refractivity contribution < 1.29 is 9.53 Å². The first-order chi connectivity index (χ1) is 12.8. The number of carbonyl (C=O) groups excluding carboxylic acids is 1. The van der Waals surface area contributed by atoms with Crippen LogP contribution in [-0.2, 0) is 6.54 Å². The number of hydrogen-bond donors (Lipinski definition) is 1. The summed E-state index contributed by atoms with van der Waals surface area (Å²) < 4.78 is 5.41. The summed E-state index contributed by atoms with van der Waals surface area (Å²) in [6.45, 7) is 1.76. The first-order valence-electron chi connectivity index (χ1n) is 8.26. The Balaban J connectivity index is 1.55. The summed E-state index contributed by atoms with van der Waals surface area (Å²) in [5.41, 5.74) is 2.71. The molecule has 2 amide bonds. The van der Waals surface area contributed by atoms with Crippen molar-refractivity contribution in [1.82, 2.24) is 25.1 Å². The van der Waals surface area contributed by atoms with Gasteiger partial charge >= 0.3 is 6.03 Å². The van der Waals surface area contributed by atoms with Gasteiger partial charge in [0, 0.05) is 49.4 Å². The number of H-pyrrole nitrogens is 1. The van der Waals surface area contributed by atoms with Crippen LogP contribution >= 0.6 is 0 Å². The highest BCUT2D eigenvalue weighted by Gasteiger charge is 2.31. The molecule has 8 nitrogen and oxygen atoms in total. The van der Waals surface area contributed by atoms with Gasteiger partial charge in [-0.25, -0.2) is 4.79 Å². The Morgan fingerprint density at radius 2 is 2.15 bits per heavy atom. The molecule has 1 N–H and O–H groups in total. The van der Waals surface area contributed by atoms with E-state index in [9.17, 15) is 4.79 Å². The van der Waals surface area contributed by atoms with Crippen LogP contribution in [0.3, 0.4) is 0 Å². The van der Waals surface area contributed by atoms with Gasteiger partial charge in [0.15, 0.2) is 0 Å². The molecule has 0 spiro atoms. The van der Waals surface area contributed by atoms with Crippen LogP contribution in [0, 0.1) is 0 Å². The predicted octanol–water partition coefficient (Wildman–Crippen LogP) is 2.32. The van der Waals surface area contributed by atoms with Crippen molar-refractivity contribution in [2.75, 3.05) is 25.1 Å². The number of ether oxygens (including phenoxy) is 1. The third-order valence-electron chi connectivity index (χ3n) is 4.32. The Kier molecular flexibility index (Phi) is 4.22. The van der Waals surface area contributed by atoms with Crippen LogP contribution in [-0.4, -0.2) is 51.3 Å². The number of anilines is 1. The van der Waals surface area contributed by atoms with E-state index in [1.165, 1.54) is 0 Å². The molecule has 132 valence electrons. The highest BCUT2D eigenvalue weighted by molar-refractivity contribution is 5.93. The van der Waals surface area contributed by atoms with Crippen molar-refractivity contribution in [3.8, 4) is 17.0 Å². The van der Waals surface area contributed by atoms with E-state index in [-0.39, 0.29) is 6.03 Å². The summed E-state index contributed by atoms with van der Waals surface area (Å²) in [7, 11) is 1.57. The van der Waals surface area contributed by atoms with E-state index in [1.807, 2.05) is 24.3 Å². The monoisotopic (exact) mass is 350 g/mol. The van der Waals surface area contributed by atoms with E-state index >= 15 is 0 Å². The lowest BCUT2D eigenvalue weighted by Gasteiger charge is -2.19. The zero-order chi connectivity index (χ0) is 17.9.